The van der Waals surface area contributed by atoms with Crippen LogP contribution in [0.25, 0.3) is 0 Å². The quantitative estimate of drug-likeness (QED) is 0.396. The lowest BCUT2D eigenvalue weighted by Gasteiger charge is -1.96. The molecule has 0 aliphatic carbocycles. The van der Waals surface area contributed by atoms with Crippen LogP contribution < -0.4 is 0 Å². The molecule has 0 aliphatic heterocycles. The zero-order valence-corrected chi connectivity index (χ0v) is 4.97. The highest BCUT2D eigenvalue weighted by Crippen LogP contribution is 1.85. The van der Waals surface area contributed by atoms with Gasteiger partial charge in [0, 0.05) is 12.1 Å². The lowest BCUT2D eigenvalue weighted by atomic mass is 10.2. The summed E-state index contributed by atoms with van der Waals surface area (Å²) in [5.74, 6) is -0.0258. The van der Waals surface area contributed by atoms with Crippen molar-refractivity contribution in [1.82, 2.24) is 0 Å². The second-order valence-corrected chi connectivity index (χ2v) is 1.71. The van der Waals surface area contributed by atoms with Gasteiger partial charge >= 0.3 is 0 Å². The first kappa shape index (κ1) is 7.14. The molecular formula is C5H8NO2-. The van der Waals surface area contributed by atoms with Crippen molar-refractivity contribution in [2.75, 3.05) is 0 Å². The van der Waals surface area contributed by atoms with E-state index in [9.17, 15) is 10.0 Å². The lowest BCUT2D eigenvalue weighted by Crippen LogP contribution is -1.98. The van der Waals surface area contributed by atoms with E-state index in [1.807, 2.05) is 0 Å². The number of carbonyl (C=O) groups excluding carboxylic acids is 1. The van der Waals surface area contributed by atoms with Crippen LogP contribution in [0.1, 0.15) is 20.3 Å². The Morgan fingerprint density at radius 2 is 2.12 bits per heavy atom. The summed E-state index contributed by atoms with van der Waals surface area (Å²) in [6, 6.07) is 0. The smallest absolute Gasteiger partial charge is 0.135 e. The zero-order valence-electron chi connectivity index (χ0n) is 4.97. The molecule has 0 rings (SSSR count). The molecule has 0 fully saturated rings. The highest BCUT2D eigenvalue weighted by atomic mass is 16.4. The van der Waals surface area contributed by atoms with Crippen molar-refractivity contribution in [3.63, 3.8) is 0 Å². The molecule has 0 aromatic carbocycles. The number of hydrogen-bond acceptors (Lipinski definition) is 3. The summed E-state index contributed by atoms with van der Waals surface area (Å²) in [6.07, 6.45) is 0.184. The van der Waals surface area contributed by atoms with Crippen molar-refractivity contribution in [1.29, 1.82) is 0 Å². The van der Waals surface area contributed by atoms with E-state index in [-0.39, 0.29) is 12.2 Å². The zero-order chi connectivity index (χ0) is 6.57. The van der Waals surface area contributed by atoms with E-state index in [1.165, 1.54) is 13.8 Å². The molecule has 0 aromatic rings. The highest BCUT2D eigenvalue weighted by molar-refractivity contribution is 5.99. The fourth-order valence-corrected chi connectivity index (χ4v) is 0.393. The number of Topliss-reactive ketones (excluding diaryl/α,β-unsaturated/α-hetero) is 1. The van der Waals surface area contributed by atoms with Gasteiger partial charge in [-0.2, -0.15) is 0 Å². The van der Waals surface area contributed by atoms with Gasteiger partial charge in [0.15, 0.2) is 0 Å². The molecule has 0 saturated heterocycles. The Morgan fingerprint density at radius 1 is 1.62 bits per heavy atom. The number of rotatable bonds is 2. The maximum atomic E-state index is 10.2. The minimum absolute atomic E-state index is 0.0258. The molecule has 0 saturated carbocycles. The average Bonchev–Trinajstić information content (AvgIpc) is 1.65. The van der Waals surface area contributed by atoms with Gasteiger partial charge < -0.3 is 10.4 Å². The van der Waals surface area contributed by atoms with E-state index in [0.29, 0.717) is 5.71 Å². The predicted octanol–water partition coefficient (Wildman–Crippen LogP) is 0.924. The molecule has 3 nitrogen and oxygen atoms in total. The first-order valence-corrected chi connectivity index (χ1v) is 2.32. The third-order valence-electron chi connectivity index (χ3n) is 0.661. The van der Waals surface area contributed by atoms with Crippen LogP contribution in [0.3, 0.4) is 0 Å². The largest absolute Gasteiger partial charge is 0.792 e. The molecule has 0 heterocycles. The van der Waals surface area contributed by atoms with Gasteiger partial charge in [-0.05, 0) is 13.8 Å². The van der Waals surface area contributed by atoms with Crippen LogP contribution in [0.5, 0.6) is 0 Å². The number of ketones is 1. The van der Waals surface area contributed by atoms with Gasteiger partial charge in [-0.15, -0.1) is 0 Å². The standard InChI is InChI=1S/C5H9NO2/c1-4(6-8)3-5(2)7/h8H,3H2,1-2H3/p-1. The predicted molar refractivity (Wildman–Crippen MR) is 31.8 cm³/mol. The first-order chi connectivity index (χ1) is 3.66. The number of hydrogen-bond donors (Lipinski definition) is 0. The monoisotopic (exact) mass is 114 g/mol. The van der Waals surface area contributed by atoms with E-state index in [4.69, 9.17) is 0 Å². The van der Waals surface area contributed by atoms with Crippen LogP contribution in [0.4, 0.5) is 0 Å². The van der Waals surface area contributed by atoms with Crippen LogP contribution in [0.2, 0.25) is 0 Å². The van der Waals surface area contributed by atoms with Crippen molar-refractivity contribution in [2.24, 2.45) is 5.16 Å². The van der Waals surface area contributed by atoms with Crippen LogP contribution >= 0.6 is 0 Å². The molecular weight excluding hydrogens is 106 g/mol. The summed E-state index contributed by atoms with van der Waals surface area (Å²) in [5.41, 5.74) is 0.345. The molecule has 8 heavy (non-hydrogen) atoms. The third kappa shape index (κ3) is 3.33. The van der Waals surface area contributed by atoms with Gasteiger partial charge in [-0.25, -0.2) is 0 Å². The molecule has 0 atom stereocenters. The summed E-state index contributed by atoms with van der Waals surface area (Å²) < 4.78 is 0. The van der Waals surface area contributed by atoms with Gasteiger partial charge in [0.2, 0.25) is 0 Å². The number of nitrogens with zero attached hydrogens (tertiary/aromatic N) is 1. The fraction of sp³-hybridized carbons (Fsp3) is 0.600. The van der Waals surface area contributed by atoms with E-state index in [0.717, 1.165) is 0 Å². The fourth-order valence-electron chi connectivity index (χ4n) is 0.393. The van der Waals surface area contributed by atoms with Crippen molar-refractivity contribution in [3.05, 3.63) is 5.21 Å². The van der Waals surface area contributed by atoms with Crippen LogP contribution in [0, 0.1) is 5.21 Å². The van der Waals surface area contributed by atoms with Crippen LogP contribution in [0.15, 0.2) is 5.16 Å². The van der Waals surface area contributed by atoms with Crippen LogP contribution in [-0.4, -0.2) is 11.5 Å². The molecule has 0 amide bonds. The van der Waals surface area contributed by atoms with Crippen LogP contribution in [-0.2, 0) is 4.79 Å². The van der Waals surface area contributed by atoms with Crippen molar-refractivity contribution in [2.45, 2.75) is 20.3 Å². The molecule has 0 N–H and O–H groups in total. The Morgan fingerprint density at radius 3 is 2.25 bits per heavy atom. The lowest BCUT2D eigenvalue weighted by molar-refractivity contribution is -0.115. The van der Waals surface area contributed by atoms with Gasteiger partial charge in [0.1, 0.15) is 5.78 Å². The Balaban J connectivity index is 3.56. The molecule has 0 radical (unpaired) electrons. The summed E-state index contributed by atoms with van der Waals surface area (Å²) in [5, 5.41) is 12.2. The van der Waals surface area contributed by atoms with Gasteiger partial charge in [0.25, 0.3) is 0 Å². The van der Waals surface area contributed by atoms with Crippen molar-refractivity contribution >= 4 is 11.5 Å². The molecule has 0 bridgehead atoms. The van der Waals surface area contributed by atoms with Gasteiger partial charge in [0.05, 0.1) is 0 Å². The first-order valence-electron chi connectivity index (χ1n) is 2.32. The SMILES string of the molecule is CC(=O)CC(C)=N[O-]. The Labute approximate surface area is 48.0 Å². The van der Waals surface area contributed by atoms with Gasteiger partial charge in [-0.3, -0.25) is 4.79 Å². The topological polar surface area (TPSA) is 52.5 Å². The molecule has 46 valence electrons. The number of carbonyl (C=O) groups is 1. The minimum atomic E-state index is -0.0258. The highest BCUT2D eigenvalue weighted by Gasteiger charge is 1.91. The van der Waals surface area contributed by atoms with E-state index < -0.39 is 0 Å². The molecule has 3 heteroatoms. The second-order valence-electron chi connectivity index (χ2n) is 1.71. The second kappa shape index (κ2) is 3.18. The molecule has 0 unspecified atom stereocenters. The van der Waals surface area contributed by atoms with Crippen molar-refractivity contribution in [3.8, 4) is 0 Å². The van der Waals surface area contributed by atoms with Gasteiger partial charge in [-0.1, -0.05) is 0 Å². The molecule has 0 aliphatic rings. The summed E-state index contributed by atoms with van der Waals surface area (Å²) in [6.45, 7) is 2.96. The maximum Gasteiger partial charge on any atom is 0.135 e. The third-order valence-corrected chi connectivity index (χ3v) is 0.661. The molecule has 0 aromatic heterocycles. The normalized spacial score (nSPS) is 11.5. The minimum Gasteiger partial charge on any atom is -0.792 e. The summed E-state index contributed by atoms with van der Waals surface area (Å²) in [4.78, 5) is 10.2. The van der Waals surface area contributed by atoms with E-state index in [1.54, 1.807) is 0 Å². The Kier molecular flexibility index (Phi) is 2.84. The summed E-state index contributed by atoms with van der Waals surface area (Å²) in [7, 11) is 0. The average molecular weight is 114 g/mol. The Hall–Kier alpha value is -0.860. The molecule has 0 spiro atoms. The maximum absolute atomic E-state index is 10.2. The van der Waals surface area contributed by atoms with Crippen molar-refractivity contribution < 1.29 is 4.79 Å². The Bertz CT molecular complexity index is 118. The summed E-state index contributed by atoms with van der Waals surface area (Å²) >= 11 is 0. The van der Waals surface area contributed by atoms with E-state index in [2.05, 4.69) is 5.16 Å². The van der Waals surface area contributed by atoms with E-state index >= 15 is 0 Å².